The molecule has 0 fully saturated rings. The highest BCUT2D eigenvalue weighted by Crippen LogP contribution is 2.09. The summed E-state index contributed by atoms with van der Waals surface area (Å²) < 4.78 is 0. The van der Waals surface area contributed by atoms with E-state index >= 15 is 0 Å². The van der Waals surface area contributed by atoms with Gasteiger partial charge in [0.05, 0.1) is 0 Å². The third-order valence-corrected chi connectivity index (χ3v) is 1.03. The van der Waals surface area contributed by atoms with Crippen molar-refractivity contribution >= 4 is 5.90 Å². The summed E-state index contributed by atoms with van der Waals surface area (Å²) in [5.74, 6) is 0.484. The number of nitrogens with one attached hydrogen (secondary N) is 1. The average molecular weight is 124 g/mol. The van der Waals surface area contributed by atoms with Gasteiger partial charge in [-0.3, -0.25) is 9.78 Å². The molecule has 4 heteroatoms. The lowest BCUT2D eigenvalue weighted by atomic mass is 10.4. The van der Waals surface area contributed by atoms with E-state index in [2.05, 4.69) is 20.1 Å². The molecule has 0 radical (unpaired) electrons. The second-order valence-electron chi connectivity index (χ2n) is 1.61. The lowest BCUT2D eigenvalue weighted by molar-refractivity contribution is -0.153. The highest BCUT2D eigenvalue weighted by molar-refractivity contribution is 5.94. The molecule has 2 aliphatic heterocycles. The maximum absolute atomic E-state index is 4.60. The Balaban J connectivity index is 2.37. The van der Waals surface area contributed by atoms with Crippen LogP contribution >= 0.6 is 0 Å². The number of nitrogens with zero attached hydrogens (tertiary/aromatic N) is 1. The summed E-state index contributed by atoms with van der Waals surface area (Å²) in [6.45, 7) is 0. The van der Waals surface area contributed by atoms with Crippen LogP contribution in [0.1, 0.15) is 0 Å². The summed E-state index contributed by atoms with van der Waals surface area (Å²) in [6, 6.07) is 0. The molecule has 0 bridgehead atoms. The van der Waals surface area contributed by atoms with E-state index in [4.69, 9.17) is 0 Å². The molecular weight excluding hydrogens is 120 g/mol. The SMILES string of the molecule is C1=CNC2=COOC2=N1. The Morgan fingerprint density at radius 1 is 1.56 bits per heavy atom. The van der Waals surface area contributed by atoms with E-state index in [9.17, 15) is 0 Å². The fourth-order valence-electron chi connectivity index (χ4n) is 0.632. The molecule has 0 aromatic rings. The van der Waals surface area contributed by atoms with Crippen LogP contribution in [0.15, 0.2) is 29.4 Å². The van der Waals surface area contributed by atoms with Gasteiger partial charge in [-0.05, 0) is 0 Å². The average Bonchev–Trinajstić information content (AvgIpc) is 2.33. The summed E-state index contributed by atoms with van der Waals surface area (Å²) in [6.07, 6.45) is 4.76. The number of fused-ring (bicyclic) bond motifs is 1. The highest BCUT2D eigenvalue weighted by atomic mass is 17.2. The monoisotopic (exact) mass is 124 g/mol. The minimum absolute atomic E-state index is 0.484. The van der Waals surface area contributed by atoms with Crippen molar-refractivity contribution in [3.8, 4) is 0 Å². The first-order valence-electron chi connectivity index (χ1n) is 2.50. The molecule has 0 aromatic carbocycles. The Kier molecular flexibility index (Phi) is 0.745. The first-order valence-corrected chi connectivity index (χ1v) is 2.50. The van der Waals surface area contributed by atoms with E-state index in [-0.39, 0.29) is 0 Å². The lowest BCUT2D eigenvalue weighted by Gasteiger charge is -2.01. The topological polar surface area (TPSA) is 42.8 Å². The van der Waals surface area contributed by atoms with Crippen LogP contribution in [0.3, 0.4) is 0 Å². The maximum Gasteiger partial charge on any atom is 0.296 e. The van der Waals surface area contributed by atoms with Crippen LogP contribution in [0, 0.1) is 0 Å². The third-order valence-electron chi connectivity index (χ3n) is 1.03. The van der Waals surface area contributed by atoms with E-state index in [0.717, 1.165) is 5.70 Å². The van der Waals surface area contributed by atoms with Gasteiger partial charge in [-0.25, -0.2) is 4.99 Å². The van der Waals surface area contributed by atoms with Crippen molar-refractivity contribution in [3.63, 3.8) is 0 Å². The molecule has 0 atom stereocenters. The summed E-state index contributed by atoms with van der Waals surface area (Å²) in [7, 11) is 0. The lowest BCUT2D eigenvalue weighted by Crippen LogP contribution is -2.15. The van der Waals surface area contributed by atoms with Crippen molar-refractivity contribution in [2.24, 2.45) is 4.99 Å². The van der Waals surface area contributed by atoms with Crippen molar-refractivity contribution in [1.82, 2.24) is 5.32 Å². The van der Waals surface area contributed by atoms with Gasteiger partial charge in [0.1, 0.15) is 5.70 Å². The zero-order valence-electron chi connectivity index (χ0n) is 4.50. The fraction of sp³-hybridized carbons (Fsp3) is 0. The standard InChI is InChI=1S/C5H4N2O2/c1-2-7-5-4(6-1)3-8-9-5/h1-3,6H. The molecule has 0 saturated heterocycles. The summed E-state index contributed by atoms with van der Waals surface area (Å²) in [5.41, 5.74) is 0.762. The fourth-order valence-corrected chi connectivity index (χ4v) is 0.632. The van der Waals surface area contributed by atoms with Gasteiger partial charge in [-0.15, -0.1) is 0 Å². The van der Waals surface area contributed by atoms with Crippen LogP contribution in [0.5, 0.6) is 0 Å². The molecule has 0 unspecified atom stereocenters. The van der Waals surface area contributed by atoms with Gasteiger partial charge in [0.15, 0.2) is 6.26 Å². The van der Waals surface area contributed by atoms with Crippen molar-refractivity contribution in [1.29, 1.82) is 0 Å². The zero-order chi connectivity index (χ0) is 6.10. The van der Waals surface area contributed by atoms with E-state index in [1.54, 1.807) is 12.4 Å². The summed E-state index contributed by atoms with van der Waals surface area (Å²) in [5, 5.41) is 2.88. The zero-order valence-corrected chi connectivity index (χ0v) is 4.50. The molecule has 1 N–H and O–H groups in total. The molecule has 0 saturated carbocycles. The number of aliphatic imine (C=N–C) groups is 1. The molecule has 4 nitrogen and oxygen atoms in total. The molecular formula is C5H4N2O2. The Morgan fingerprint density at radius 3 is 3.44 bits per heavy atom. The van der Waals surface area contributed by atoms with Crippen molar-refractivity contribution in [2.45, 2.75) is 0 Å². The van der Waals surface area contributed by atoms with E-state index < -0.39 is 0 Å². The summed E-state index contributed by atoms with van der Waals surface area (Å²) >= 11 is 0. The number of rotatable bonds is 0. The Hall–Kier alpha value is -1.45. The normalized spacial score (nSPS) is 20.4. The van der Waals surface area contributed by atoms with Crippen molar-refractivity contribution in [2.75, 3.05) is 0 Å². The molecule has 46 valence electrons. The van der Waals surface area contributed by atoms with Crippen molar-refractivity contribution in [3.05, 3.63) is 24.4 Å². The van der Waals surface area contributed by atoms with Crippen LogP contribution in [0.2, 0.25) is 0 Å². The Morgan fingerprint density at radius 2 is 2.56 bits per heavy atom. The molecule has 0 aliphatic carbocycles. The van der Waals surface area contributed by atoms with Gasteiger partial charge < -0.3 is 5.32 Å². The molecule has 0 spiro atoms. The number of hydrogen-bond donors (Lipinski definition) is 1. The van der Waals surface area contributed by atoms with Gasteiger partial charge in [0.25, 0.3) is 5.90 Å². The highest BCUT2D eigenvalue weighted by Gasteiger charge is 2.17. The predicted octanol–water partition coefficient (Wildman–Crippen LogP) is 0.262. The Bertz CT molecular complexity index is 217. The molecule has 0 amide bonds. The van der Waals surface area contributed by atoms with Crippen LogP contribution in [0.25, 0.3) is 0 Å². The van der Waals surface area contributed by atoms with Gasteiger partial charge in [0, 0.05) is 12.4 Å². The van der Waals surface area contributed by atoms with Crippen LogP contribution in [-0.4, -0.2) is 5.90 Å². The maximum atomic E-state index is 4.60. The van der Waals surface area contributed by atoms with Crippen molar-refractivity contribution < 1.29 is 9.78 Å². The van der Waals surface area contributed by atoms with E-state index in [1.165, 1.54) is 6.26 Å². The number of hydrogen-bond acceptors (Lipinski definition) is 4. The van der Waals surface area contributed by atoms with Gasteiger partial charge >= 0.3 is 0 Å². The second kappa shape index (κ2) is 1.51. The minimum Gasteiger partial charge on any atom is -0.353 e. The van der Waals surface area contributed by atoms with Gasteiger partial charge in [0.2, 0.25) is 0 Å². The predicted molar refractivity (Wildman–Crippen MR) is 30.0 cm³/mol. The van der Waals surface area contributed by atoms with Gasteiger partial charge in [-0.1, -0.05) is 0 Å². The minimum atomic E-state index is 0.484. The third kappa shape index (κ3) is 0.561. The quantitative estimate of drug-likeness (QED) is 0.471. The first-order chi connectivity index (χ1) is 4.47. The first kappa shape index (κ1) is 4.43. The second-order valence-corrected chi connectivity index (χ2v) is 1.61. The molecule has 0 aromatic heterocycles. The van der Waals surface area contributed by atoms with E-state index in [0.29, 0.717) is 5.90 Å². The van der Waals surface area contributed by atoms with E-state index in [1.807, 2.05) is 0 Å². The summed E-state index contributed by atoms with van der Waals surface area (Å²) in [4.78, 5) is 12.9. The largest absolute Gasteiger partial charge is 0.353 e. The van der Waals surface area contributed by atoms with Crippen LogP contribution in [-0.2, 0) is 9.78 Å². The molecule has 2 heterocycles. The van der Waals surface area contributed by atoms with Crippen LogP contribution < -0.4 is 5.32 Å². The van der Waals surface area contributed by atoms with Crippen LogP contribution in [0.4, 0.5) is 0 Å². The smallest absolute Gasteiger partial charge is 0.296 e. The molecule has 2 aliphatic rings. The molecule has 2 rings (SSSR count). The molecule has 9 heavy (non-hydrogen) atoms. The Labute approximate surface area is 51.4 Å². The van der Waals surface area contributed by atoms with Gasteiger partial charge in [-0.2, -0.15) is 0 Å².